The van der Waals surface area contributed by atoms with Crippen molar-refractivity contribution in [1.29, 1.82) is 0 Å². The van der Waals surface area contributed by atoms with Gasteiger partial charge in [-0.25, -0.2) is 4.98 Å². The van der Waals surface area contributed by atoms with E-state index in [1.807, 2.05) is 12.1 Å². The van der Waals surface area contributed by atoms with E-state index in [2.05, 4.69) is 48.6 Å². The number of pyridine rings is 2. The molecule has 0 aromatic carbocycles. The van der Waals surface area contributed by atoms with E-state index in [0.717, 1.165) is 9.37 Å². The molecule has 0 amide bonds. The second kappa shape index (κ2) is 7.66. The van der Waals surface area contributed by atoms with Gasteiger partial charge in [0.25, 0.3) is 5.56 Å². The van der Waals surface area contributed by atoms with Crippen LogP contribution in [0, 0.1) is 0 Å². The summed E-state index contributed by atoms with van der Waals surface area (Å²) >= 11 is 7.13. The standard InChI is InChI=1S/C12H12BBrIN3O2S/c1-18-7-8(14)5-10(12(18)19)17-11-4-3-9(6-16-11)21-13(15)20-2/h3-7H,1-2H3,(H,16,17). The molecule has 1 N–H and O–H groups in total. The van der Waals surface area contributed by atoms with Crippen molar-refractivity contribution < 1.29 is 4.65 Å². The molecule has 2 heterocycles. The first-order valence-corrected chi connectivity index (χ1v) is 8.84. The number of halogens is 2. The number of hydrogen-bond acceptors (Lipinski definition) is 5. The Labute approximate surface area is 148 Å². The first-order chi connectivity index (χ1) is 9.99. The average molecular weight is 480 g/mol. The summed E-state index contributed by atoms with van der Waals surface area (Å²) < 4.78 is 7.56. The third kappa shape index (κ3) is 4.73. The van der Waals surface area contributed by atoms with Crippen molar-refractivity contribution in [2.24, 2.45) is 7.05 Å². The molecule has 0 bridgehead atoms. The van der Waals surface area contributed by atoms with Gasteiger partial charge >= 0.3 is 4.05 Å². The van der Waals surface area contributed by atoms with Crippen LogP contribution in [0.25, 0.3) is 0 Å². The molecule has 0 spiro atoms. The Kier molecular flexibility index (Phi) is 6.14. The second-order valence-electron chi connectivity index (χ2n) is 4.12. The van der Waals surface area contributed by atoms with Crippen LogP contribution in [0.2, 0.25) is 0 Å². The molecule has 5 nitrogen and oxygen atoms in total. The highest BCUT2D eigenvalue weighted by Crippen LogP contribution is 2.25. The molecule has 0 saturated heterocycles. The molecule has 0 aliphatic carbocycles. The first-order valence-electron chi connectivity index (χ1n) is 5.92. The number of hydrogen-bond donors (Lipinski definition) is 1. The van der Waals surface area contributed by atoms with E-state index in [1.54, 1.807) is 44.2 Å². The minimum atomic E-state index is -0.106. The summed E-state index contributed by atoms with van der Waals surface area (Å²) in [6, 6.07) is 5.51. The molecular weight excluding hydrogens is 468 g/mol. The van der Waals surface area contributed by atoms with E-state index in [0.29, 0.717) is 11.5 Å². The summed E-state index contributed by atoms with van der Waals surface area (Å²) in [6.07, 6.45) is 3.46. The summed E-state index contributed by atoms with van der Waals surface area (Å²) in [5, 5.41) is 3.03. The number of rotatable bonds is 5. The molecule has 0 saturated carbocycles. The van der Waals surface area contributed by atoms with E-state index in [1.165, 1.54) is 4.57 Å². The van der Waals surface area contributed by atoms with Gasteiger partial charge in [-0.15, -0.1) is 11.6 Å². The molecular formula is C12H12BBrIN3O2S. The smallest absolute Gasteiger partial charge is 0.420 e. The lowest BCUT2D eigenvalue weighted by atomic mass is 10.4. The molecule has 2 aromatic heterocycles. The fourth-order valence-electron chi connectivity index (χ4n) is 1.58. The maximum Gasteiger partial charge on any atom is 0.439 e. The van der Waals surface area contributed by atoms with Gasteiger partial charge < -0.3 is 14.5 Å². The van der Waals surface area contributed by atoms with Gasteiger partial charge in [0.1, 0.15) is 11.5 Å². The van der Waals surface area contributed by atoms with E-state index in [-0.39, 0.29) is 9.61 Å². The molecule has 21 heavy (non-hydrogen) atoms. The fourth-order valence-corrected chi connectivity index (χ4v) is 3.56. The third-order valence-electron chi connectivity index (χ3n) is 2.56. The van der Waals surface area contributed by atoms with Crippen LogP contribution in [0.5, 0.6) is 0 Å². The van der Waals surface area contributed by atoms with Gasteiger partial charge in [0.05, 0.1) is 0 Å². The van der Waals surface area contributed by atoms with Gasteiger partial charge in [0, 0.05) is 35.9 Å². The van der Waals surface area contributed by atoms with Gasteiger partial charge in [0.15, 0.2) is 0 Å². The maximum absolute atomic E-state index is 12.0. The van der Waals surface area contributed by atoms with Crippen LogP contribution >= 0.6 is 49.9 Å². The van der Waals surface area contributed by atoms with E-state index >= 15 is 0 Å². The predicted octanol–water partition coefficient (Wildman–Crippen LogP) is 3.44. The Bertz CT molecular complexity index is 683. The molecule has 0 radical (unpaired) electrons. The zero-order valence-corrected chi connectivity index (χ0v) is 15.9. The lowest BCUT2D eigenvalue weighted by Crippen LogP contribution is -2.19. The van der Waals surface area contributed by atoms with Crippen molar-refractivity contribution in [3.63, 3.8) is 0 Å². The molecule has 110 valence electrons. The average Bonchev–Trinajstić information content (AvgIpc) is 2.46. The van der Waals surface area contributed by atoms with Crippen LogP contribution in [0.1, 0.15) is 0 Å². The summed E-state index contributed by atoms with van der Waals surface area (Å²) in [5.74, 6) is 0.622. The zero-order valence-electron chi connectivity index (χ0n) is 11.3. The minimum absolute atomic E-state index is 0.0422. The first kappa shape index (κ1) is 16.8. The SMILES string of the molecule is COB(I)Sc1ccc(Nc2cc(Br)cn(C)c2=O)nc1. The van der Waals surface area contributed by atoms with Crippen LogP contribution in [-0.4, -0.2) is 20.7 Å². The van der Waals surface area contributed by atoms with Crippen molar-refractivity contribution in [2.45, 2.75) is 4.90 Å². The summed E-state index contributed by atoms with van der Waals surface area (Å²) in [5.41, 5.74) is 0.369. The van der Waals surface area contributed by atoms with Crippen molar-refractivity contribution >= 4 is 65.5 Å². The largest absolute Gasteiger partial charge is 0.439 e. The molecule has 0 unspecified atom stereocenters. The quantitative estimate of drug-likeness (QED) is 0.526. The minimum Gasteiger partial charge on any atom is -0.420 e. The molecule has 2 aromatic rings. The predicted molar refractivity (Wildman–Crippen MR) is 99.5 cm³/mol. The Morgan fingerprint density at radius 1 is 1.52 bits per heavy atom. The van der Waals surface area contributed by atoms with E-state index in [4.69, 9.17) is 4.65 Å². The van der Waals surface area contributed by atoms with Gasteiger partial charge in [-0.2, -0.15) is 0 Å². The Morgan fingerprint density at radius 3 is 2.90 bits per heavy atom. The van der Waals surface area contributed by atoms with Gasteiger partial charge in [-0.1, -0.05) is 22.4 Å². The molecule has 0 fully saturated rings. The van der Waals surface area contributed by atoms with Gasteiger partial charge in [-0.05, 0) is 34.1 Å². The molecule has 9 heteroatoms. The highest BCUT2D eigenvalue weighted by molar-refractivity contribution is 14.1. The van der Waals surface area contributed by atoms with Crippen LogP contribution in [0.4, 0.5) is 11.5 Å². The van der Waals surface area contributed by atoms with Crippen molar-refractivity contribution in [2.75, 3.05) is 12.4 Å². The van der Waals surface area contributed by atoms with E-state index in [9.17, 15) is 4.79 Å². The third-order valence-corrected chi connectivity index (χ3v) is 5.16. The van der Waals surface area contributed by atoms with Crippen LogP contribution in [-0.2, 0) is 11.7 Å². The summed E-state index contributed by atoms with van der Waals surface area (Å²) in [4.78, 5) is 17.3. The highest BCUT2D eigenvalue weighted by Gasteiger charge is 2.11. The van der Waals surface area contributed by atoms with Crippen molar-refractivity contribution in [3.8, 4) is 0 Å². The summed E-state index contributed by atoms with van der Waals surface area (Å²) in [7, 11) is 3.37. The summed E-state index contributed by atoms with van der Waals surface area (Å²) in [6.45, 7) is 0. The zero-order chi connectivity index (χ0) is 15.4. The van der Waals surface area contributed by atoms with Crippen molar-refractivity contribution in [3.05, 3.63) is 45.4 Å². The second-order valence-corrected chi connectivity index (χ2v) is 8.15. The van der Waals surface area contributed by atoms with Gasteiger partial charge in [0.2, 0.25) is 0 Å². The maximum atomic E-state index is 12.0. The van der Waals surface area contributed by atoms with Crippen molar-refractivity contribution in [1.82, 2.24) is 9.55 Å². The number of nitrogens with zero attached hydrogens (tertiary/aromatic N) is 2. The Morgan fingerprint density at radius 2 is 2.29 bits per heavy atom. The Hall–Kier alpha value is -0.515. The van der Waals surface area contributed by atoms with Crippen LogP contribution in [0.3, 0.4) is 0 Å². The topological polar surface area (TPSA) is 56.1 Å². The molecule has 2 rings (SSSR count). The van der Waals surface area contributed by atoms with Crippen LogP contribution in [0.15, 0.2) is 44.8 Å². The molecule has 0 aliphatic rings. The number of anilines is 2. The normalized spacial score (nSPS) is 10.5. The number of aromatic nitrogens is 2. The van der Waals surface area contributed by atoms with Gasteiger partial charge in [-0.3, -0.25) is 4.79 Å². The number of nitrogens with one attached hydrogen (secondary N) is 1. The lowest BCUT2D eigenvalue weighted by Gasteiger charge is -2.08. The monoisotopic (exact) mass is 479 g/mol. The lowest BCUT2D eigenvalue weighted by molar-refractivity contribution is 0.453. The Balaban J connectivity index is 2.16. The molecule has 0 atom stereocenters. The van der Waals surface area contributed by atoms with E-state index < -0.39 is 0 Å². The highest BCUT2D eigenvalue weighted by atomic mass is 127. The number of aryl methyl sites for hydroxylation is 1. The molecule has 0 aliphatic heterocycles. The van der Waals surface area contributed by atoms with Crippen LogP contribution < -0.4 is 10.9 Å². The fraction of sp³-hybridized carbons (Fsp3) is 0.167.